The van der Waals surface area contributed by atoms with E-state index in [1.165, 1.54) is 6.20 Å². The molecular formula is C19H24F2N6OS. The normalized spacial score (nSPS) is 31.5. The van der Waals surface area contributed by atoms with E-state index >= 15 is 0 Å². The molecule has 0 radical (unpaired) electrons. The summed E-state index contributed by atoms with van der Waals surface area (Å²) in [5.41, 5.74) is -0.175. The molecule has 156 valence electrons. The molecule has 3 atom stereocenters. The van der Waals surface area contributed by atoms with Crippen LogP contribution in [0.4, 0.5) is 14.6 Å². The number of hydrogen-bond acceptors (Lipinski definition) is 6. The molecule has 7 nitrogen and oxygen atoms in total. The molecule has 0 spiro atoms. The molecule has 10 heteroatoms. The fourth-order valence-corrected chi connectivity index (χ4v) is 5.81. The Morgan fingerprint density at radius 2 is 1.93 bits per heavy atom. The highest BCUT2D eigenvalue weighted by molar-refractivity contribution is 7.11. The lowest BCUT2D eigenvalue weighted by Crippen LogP contribution is -2.63. The van der Waals surface area contributed by atoms with Crippen LogP contribution < -0.4 is 10.6 Å². The fraction of sp³-hybridized carbons (Fsp3) is 0.684. The second-order valence-corrected chi connectivity index (χ2v) is 9.88. The number of anilines is 1. The summed E-state index contributed by atoms with van der Waals surface area (Å²) in [6, 6.07) is -0.121. The number of carbonyl (C=O) groups excluding carboxylic acids is 1. The van der Waals surface area contributed by atoms with Crippen LogP contribution in [-0.2, 0) is 0 Å². The molecule has 1 amide bonds. The summed E-state index contributed by atoms with van der Waals surface area (Å²) in [5.74, 6) is -1.71. The number of nitrogens with zero attached hydrogens (tertiary/aromatic N) is 4. The number of carbonyl (C=O) groups is 1. The van der Waals surface area contributed by atoms with E-state index in [4.69, 9.17) is 0 Å². The number of nitrogens with one attached hydrogen (secondary N) is 2. The summed E-state index contributed by atoms with van der Waals surface area (Å²) in [4.78, 5) is 12.8. The molecule has 1 aliphatic heterocycles. The molecule has 1 unspecified atom stereocenters. The van der Waals surface area contributed by atoms with Crippen molar-refractivity contribution in [3.8, 4) is 0 Å². The van der Waals surface area contributed by atoms with Crippen LogP contribution >= 0.6 is 11.3 Å². The van der Waals surface area contributed by atoms with Gasteiger partial charge in [0, 0.05) is 24.7 Å². The van der Waals surface area contributed by atoms with E-state index in [1.807, 2.05) is 13.8 Å². The minimum absolute atomic E-state index is 0.121. The van der Waals surface area contributed by atoms with E-state index in [0.717, 1.165) is 22.9 Å². The Hall–Kier alpha value is -2.10. The van der Waals surface area contributed by atoms with Gasteiger partial charge >= 0.3 is 0 Å². The predicted octanol–water partition coefficient (Wildman–Crippen LogP) is 3.86. The monoisotopic (exact) mass is 422 g/mol. The first-order chi connectivity index (χ1) is 13.8. The minimum Gasteiger partial charge on any atom is -0.347 e. The van der Waals surface area contributed by atoms with Gasteiger partial charge in [-0.15, -0.1) is 21.5 Å². The quantitative estimate of drug-likeness (QED) is 0.785. The smallest absolute Gasteiger partial charge is 0.258 e. The highest BCUT2D eigenvalue weighted by Crippen LogP contribution is 2.50. The van der Waals surface area contributed by atoms with Crippen LogP contribution in [0.1, 0.15) is 77.8 Å². The number of rotatable bonds is 3. The Bertz CT molecular complexity index is 948. The molecule has 0 saturated heterocycles. The predicted molar refractivity (Wildman–Crippen MR) is 104 cm³/mol. The number of fused-ring (bicyclic) bond motifs is 1. The summed E-state index contributed by atoms with van der Waals surface area (Å²) < 4.78 is 28.9. The maximum Gasteiger partial charge on any atom is 0.258 e. The highest BCUT2D eigenvalue weighted by Gasteiger charge is 2.51. The minimum atomic E-state index is -2.60. The van der Waals surface area contributed by atoms with Gasteiger partial charge in [0.25, 0.3) is 5.91 Å². The zero-order chi connectivity index (χ0) is 20.4. The third kappa shape index (κ3) is 3.12. The van der Waals surface area contributed by atoms with Crippen LogP contribution in [0.3, 0.4) is 0 Å². The molecule has 2 aromatic heterocycles. The average molecular weight is 423 g/mol. The maximum atomic E-state index is 13.6. The van der Waals surface area contributed by atoms with Gasteiger partial charge in [0.15, 0.2) is 0 Å². The molecule has 2 aliphatic carbocycles. The zero-order valence-electron chi connectivity index (χ0n) is 16.4. The van der Waals surface area contributed by atoms with Crippen molar-refractivity contribution in [3.05, 3.63) is 21.8 Å². The van der Waals surface area contributed by atoms with Gasteiger partial charge < -0.3 is 10.6 Å². The third-order valence-corrected chi connectivity index (χ3v) is 7.67. The highest BCUT2D eigenvalue weighted by atomic mass is 32.1. The van der Waals surface area contributed by atoms with E-state index in [1.54, 1.807) is 16.0 Å². The molecule has 2 N–H and O–H groups in total. The molecule has 2 saturated carbocycles. The van der Waals surface area contributed by atoms with E-state index in [-0.39, 0.29) is 36.6 Å². The lowest BCUT2D eigenvalue weighted by molar-refractivity contribution is -0.0449. The molecule has 0 aromatic carbocycles. The summed E-state index contributed by atoms with van der Waals surface area (Å²) in [5, 5.41) is 21.4. The Morgan fingerprint density at radius 1 is 1.17 bits per heavy atom. The summed E-state index contributed by atoms with van der Waals surface area (Å²) >= 11 is 1.60. The average Bonchev–Trinajstić information content (AvgIpc) is 3.20. The van der Waals surface area contributed by atoms with Crippen LogP contribution in [0.2, 0.25) is 0 Å². The second-order valence-electron chi connectivity index (χ2n) is 8.67. The number of alkyl halides is 2. The molecule has 2 aromatic rings. The second kappa shape index (κ2) is 6.45. The van der Waals surface area contributed by atoms with Gasteiger partial charge in [-0.3, -0.25) is 4.79 Å². The van der Waals surface area contributed by atoms with E-state index < -0.39 is 11.6 Å². The van der Waals surface area contributed by atoms with Gasteiger partial charge in [-0.2, -0.15) is 5.10 Å². The van der Waals surface area contributed by atoms with Crippen molar-refractivity contribution in [2.45, 2.75) is 75.9 Å². The van der Waals surface area contributed by atoms with Crippen molar-refractivity contribution in [2.24, 2.45) is 5.92 Å². The van der Waals surface area contributed by atoms with Crippen molar-refractivity contribution >= 4 is 23.1 Å². The first kappa shape index (κ1) is 18.9. The van der Waals surface area contributed by atoms with Gasteiger partial charge in [-0.05, 0) is 39.5 Å². The van der Waals surface area contributed by atoms with Crippen molar-refractivity contribution in [1.82, 2.24) is 25.3 Å². The summed E-state index contributed by atoms with van der Waals surface area (Å²) in [7, 11) is 0. The van der Waals surface area contributed by atoms with Gasteiger partial charge in [0.05, 0.1) is 12.2 Å². The van der Waals surface area contributed by atoms with Gasteiger partial charge in [-0.25, -0.2) is 13.5 Å². The Labute approximate surface area is 171 Å². The van der Waals surface area contributed by atoms with Crippen molar-refractivity contribution in [1.29, 1.82) is 0 Å². The molecule has 29 heavy (non-hydrogen) atoms. The van der Waals surface area contributed by atoms with Crippen molar-refractivity contribution in [3.63, 3.8) is 0 Å². The van der Waals surface area contributed by atoms with E-state index in [2.05, 4.69) is 25.9 Å². The van der Waals surface area contributed by atoms with Crippen LogP contribution in [0, 0.1) is 12.8 Å². The Balaban J connectivity index is 1.41. The number of amides is 1. The number of halogens is 2. The van der Waals surface area contributed by atoms with Crippen LogP contribution in [0.25, 0.3) is 0 Å². The standard InChI is InChI=1S/C19H24F2N6OS/c1-10-25-26-17(29-10)12-3-4-14(12)18(2)23-15-13(16(28)24-18)9-22-27(15)11-5-7-19(20,21)8-6-11/h9,11-12,14,23H,3-8H2,1-2H3,(H,24,28)/t12-,14+,18?/m1/s1. The Morgan fingerprint density at radius 3 is 2.55 bits per heavy atom. The SMILES string of the molecule is Cc1nnc([C@@H]2CC[C@@H]2C2(C)NC(=O)c3cnn(C4CCC(F)(F)CC4)c3N2)s1. The molecule has 5 rings (SSSR count). The lowest BCUT2D eigenvalue weighted by Gasteiger charge is -2.50. The van der Waals surface area contributed by atoms with Crippen LogP contribution in [0.5, 0.6) is 0 Å². The largest absolute Gasteiger partial charge is 0.347 e. The van der Waals surface area contributed by atoms with Gasteiger partial charge in [0.1, 0.15) is 27.1 Å². The van der Waals surface area contributed by atoms with E-state index in [0.29, 0.717) is 24.2 Å². The van der Waals surface area contributed by atoms with Crippen molar-refractivity contribution < 1.29 is 13.6 Å². The van der Waals surface area contributed by atoms with E-state index in [9.17, 15) is 13.6 Å². The zero-order valence-corrected chi connectivity index (χ0v) is 17.2. The first-order valence-electron chi connectivity index (χ1n) is 10.1. The molecule has 2 fully saturated rings. The lowest BCUT2D eigenvalue weighted by atomic mass is 9.67. The van der Waals surface area contributed by atoms with Crippen LogP contribution in [-0.4, -0.2) is 37.5 Å². The molecule has 3 aliphatic rings. The Kier molecular flexibility index (Phi) is 4.20. The molecule has 0 bridgehead atoms. The number of aromatic nitrogens is 4. The third-order valence-electron chi connectivity index (χ3n) is 6.70. The molecular weight excluding hydrogens is 398 g/mol. The number of aryl methyl sites for hydroxylation is 1. The maximum absolute atomic E-state index is 13.6. The molecule has 3 heterocycles. The summed E-state index contributed by atoms with van der Waals surface area (Å²) in [6.07, 6.45) is 3.95. The van der Waals surface area contributed by atoms with Crippen LogP contribution in [0.15, 0.2) is 6.20 Å². The number of hydrogen-bond donors (Lipinski definition) is 2. The fourth-order valence-electron chi connectivity index (χ4n) is 4.91. The topological polar surface area (TPSA) is 84.7 Å². The van der Waals surface area contributed by atoms with Gasteiger partial charge in [-0.1, -0.05) is 0 Å². The first-order valence-corrected chi connectivity index (χ1v) is 10.9. The van der Waals surface area contributed by atoms with Gasteiger partial charge in [0.2, 0.25) is 5.92 Å². The van der Waals surface area contributed by atoms with Crippen molar-refractivity contribution in [2.75, 3.05) is 5.32 Å². The summed E-state index contributed by atoms with van der Waals surface area (Å²) in [6.45, 7) is 3.93.